The van der Waals surface area contributed by atoms with Crippen LogP contribution < -0.4 is 5.32 Å². The van der Waals surface area contributed by atoms with E-state index in [-0.39, 0.29) is 4.90 Å². The van der Waals surface area contributed by atoms with Gasteiger partial charge in [-0.15, -0.1) is 0 Å². The summed E-state index contributed by atoms with van der Waals surface area (Å²) in [4.78, 5) is -0.0278. The molecule has 0 unspecified atom stereocenters. The largest absolute Gasteiger partial charge is 0.312 e. The van der Waals surface area contributed by atoms with Crippen molar-refractivity contribution in [2.24, 2.45) is 0 Å². The minimum Gasteiger partial charge on any atom is -0.312 e. The Morgan fingerprint density at radius 3 is 2.79 bits per heavy atom. The Labute approximate surface area is 82.7 Å². The molecule has 5 heteroatoms. The van der Waals surface area contributed by atoms with Crippen molar-refractivity contribution in [3.63, 3.8) is 0 Å². The zero-order valence-corrected chi connectivity index (χ0v) is 8.34. The van der Waals surface area contributed by atoms with Crippen LogP contribution in [0.15, 0.2) is 23.1 Å². The predicted molar refractivity (Wildman–Crippen MR) is 51.7 cm³/mol. The second-order valence-corrected chi connectivity index (χ2v) is 4.75. The van der Waals surface area contributed by atoms with Gasteiger partial charge in [0, 0.05) is 6.54 Å². The molecule has 0 saturated heterocycles. The van der Waals surface area contributed by atoms with E-state index in [1.165, 1.54) is 12.1 Å². The summed E-state index contributed by atoms with van der Waals surface area (Å²) < 4.78 is 30.6. The second-order valence-electron chi connectivity index (χ2n) is 3.33. The number of hydrogen-bond donors (Lipinski definition) is 2. The van der Waals surface area contributed by atoms with E-state index in [0.717, 1.165) is 24.1 Å². The lowest BCUT2D eigenvalue weighted by Crippen LogP contribution is -2.23. The van der Waals surface area contributed by atoms with Gasteiger partial charge >= 0.3 is 0 Å². The molecule has 4 nitrogen and oxygen atoms in total. The van der Waals surface area contributed by atoms with Gasteiger partial charge in [-0.05, 0) is 36.2 Å². The first kappa shape index (κ1) is 9.64. The van der Waals surface area contributed by atoms with Crippen LogP contribution in [0.3, 0.4) is 0 Å². The third-order valence-corrected chi connectivity index (χ3v) is 3.21. The van der Waals surface area contributed by atoms with Gasteiger partial charge in [-0.1, -0.05) is 6.07 Å². The molecule has 0 atom stereocenters. The highest BCUT2D eigenvalue weighted by Crippen LogP contribution is 2.18. The van der Waals surface area contributed by atoms with E-state index in [4.69, 9.17) is 4.55 Å². The van der Waals surface area contributed by atoms with E-state index >= 15 is 0 Å². The summed E-state index contributed by atoms with van der Waals surface area (Å²) in [6, 6.07) is 4.73. The van der Waals surface area contributed by atoms with Crippen molar-refractivity contribution in [3.8, 4) is 0 Å². The number of nitrogens with one attached hydrogen (secondary N) is 1. The highest BCUT2D eigenvalue weighted by Gasteiger charge is 2.14. The Morgan fingerprint density at radius 2 is 2.07 bits per heavy atom. The molecular formula is C9H11NO3S. The van der Waals surface area contributed by atoms with Gasteiger partial charge in [0.25, 0.3) is 10.1 Å². The van der Waals surface area contributed by atoms with Crippen LogP contribution >= 0.6 is 0 Å². The van der Waals surface area contributed by atoms with Gasteiger partial charge < -0.3 is 5.32 Å². The third-order valence-electron chi connectivity index (χ3n) is 2.36. The maximum Gasteiger partial charge on any atom is 0.294 e. The summed E-state index contributed by atoms with van der Waals surface area (Å²) in [7, 11) is -4.06. The third kappa shape index (κ3) is 1.79. The van der Waals surface area contributed by atoms with E-state index in [1.807, 2.05) is 0 Å². The fraction of sp³-hybridized carbons (Fsp3) is 0.333. The summed E-state index contributed by atoms with van der Waals surface area (Å²) in [5.41, 5.74) is 2.10. The van der Waals surface area contributed by atoms with Crippen molar-refractivity contribution in [2.45, 2.75) is 17.9 Å². The molecule has 1 aromatic carbocycles. The molecule has 1 heterocycles. The van der Waals surface area contributed by atoms with E-state index < -0.39 is 10.1 Å². The lowest BCUT2D eigenvalue weighted by atomic mass is 10.0. The van der Waals surface area contributed by atoms with Crippen molar-refractivity contribution >= 4 is 10.1 Å². The molecule has 14 heavy (non-hydrogen) atoms. The molecule has 0 spiro atoms. The normalized spacial score (nSPS) is 16.4. The first-order valence-corrected chi connectivity index (χ1v) is 5.81. The molecule has 0 aromatic heterocycles. The number of benzene rings is 1. The molecule has 2 N–H and O–H groups in total. The van der Waals surface area contributed by atoms with Gasteiger partial charge in [0.05, 0.1) is 4.90 Å². The Morgan fingerprint density at radius 1 is 1.29 bits per heavy atom. The van der Waals surface area contributed by atoms with Gasteiger partial charge in [0.2, 0.25) is 0 Å². The average Bonchev–Trinajstić information content (AvgIpc) is 2.16. The Balaban J connectivity index is 2.49. The zero-order valence-electron chi connectivity index (χ0n) is 7.53. The Hall–Kier alpha value is -0.910. The summed E-state index contributed by atoms with van der Waals surface area (Å²) in [6.07, 6.45) is 0.904. The lowest BCUT2D eigenvalue weighted by Gasteiger charge is -2.17. The Kier molecular flexibility index (Phi) is 2.30. The highest BCUT2D eigenvalue weighted by molar-refractivity contribution is 7.85. The molecule has 1 aliphatic rings. The number of hydrogen-bond acceptors (Lipinski definition) is 3. The average molecular weight is 213 g/mol. The zero-order chi connectivity index (χ0) is 10.2. The van der Waals surface area contributed by atoms with Gasteiger partial charge in [-0.3, -0.25) is 4.55 Å². The number of fused-ring (bicyclic) bond motifs is 1. The smallest absolute Gasteiger partial charge is 0.294 e. The first-order valence-electron chi connectivity index (χ1n) is 4.37. The van der Waals surface area contributed by atoms with Crippen LogP contribution in [0.4, 0.5) is 0 Å². The molecule has 2 rings (SSSR count). The van der Waals surface area contributed by atoms with Gasteiger partial charge in [0.1, 0.15) is 0 Å². The van der Waals surface area contributed by atoms with Gasteiger partial charge in [-0.2, -0.15) is 8.42 Å². The van der Waals surface area contributed by atoms with E-state index in [2.05, 4.69) is 5.32 Å². The summed E-state index contributed by atoms with van der Waals surface area (Å²) in [5.74, 6) is 0. The maximum absolute atomic E-state index is 10.9. The van der Waals surface area contributed by atoms with Crippen LogP contribution in [-0.2, 0) is 23.1 Å². The summed E-state index contributed by atoms with van der Waals surface area (Å²) in [6.45, 7) is 1.58. The molecule has 76 valence electrons. The quantitative estimate of drug-likeness (QED) is 0.670. The van der Waals surface area contributed by atoms with Crippen molar-refractivity contribution in [3.05, 3.63) is 29.3 Å². The highest BCUT2D eigenvalue weighted by atomic mass is 32.2. The molecule has 0 fully saturated rings. The SMILES string of the molecule is O=S(=O)(O)c1ccc2c(c1)CNCC2. The summed E-state index contributed by atoms with van der Waals surface area (Å²) >= 11 is 0. The fourth-order valence-corrected chi connectivity index (χ4v) is 2.15. The van der Waals surface area contributed by atoms with Crippen LogP contribution in [0.2, 0.25) is 0 Å². The Bertz CT molecular complexity index is 453. The maximum atomic E-state index is 10.9. The van der Waals surface area contributed by atoms with Crippen molar-refractivity contribution in [2.75, 3.05) is 6.54 Å². The first-order chi connectivity index (χ1) is 6.57. The predicted octanol–water partition coefficient (Wildman–Crippen LogP) is 0.579. The number of rotatable bonds is 1. The van der Waals surface area contributed by atoms with Crippen LogP contribution in [-0.4, -0.2) is 19.5 Å². The van der Waals surface area contributed by atoms with Crippen molar-refractivity contribution in [1.29, 1.82) is 0 Å². The lowest BCUT2D eigenvalue weighted by molar-refractivity contribution is 0.483. The fourth-order valence-electron chi connectivity index (χ4n) is 1.62. The van der Waals surface area contributed by atoms with E-state index in [9.17, 15) is 8.42 Å². The monoisotopic (exact) mass is 213 g/mol. The van der Waals surface area contributed by atoms with Crippen LogP contribution in [0.5, 0.6) is 0 Å². The standard InChI is InChI=1S/C9H11NO3S/c11-14(12,13)9-2-1-7-3-4-10-6-8(7)5-9/h1-2,5,10H,3-4,6H2,(H,11,12,13). The molecule has 0 bridgehead atoms. The van der Waals surface area contributed by atoms with Gasteiger partial charge in [-0.25, -0.2) is 0 Å². The molecule has 1 aromatic rings. The second kappa shape index (κ2) is 3.34. The molecule has 1 aliphatic heterocycles. The van der Waals surface area contributed by atoms with Crippen LogP contribution in [0, 0.1) is 0 Å². The molecule has 0 radical (unpaired) electrons. The minimum absolute atomic E-state index is 0.0278. The molecule has 0 aliphatic carbocycles. The summed E-state index contributed by atoms with van der Waals surface area (Å²) in [5, 5.41) is 3.14. The van der Waals surface area contributed by atoms with Gasteiger partial charge in [0.15, 0.2) is 0 Å². The molecule has 0 saturated carbocycles. The molecular weight excluding hydrogens is 202 g/mol. The van der Waals surface area contributed by atoms with Crippen molar-refractivity contribution < 1.29 is 13.0 Å². The van der Waals surface area contributed by atoms with Crippen LogP contribution in [0.1, 0.15) is 11.1 Å². The minimum atomic E-state index is -4.06. The van der Waals surface area contributed by atoms with E-state index in [1.54, 1.807) is 6.07 Å². The van der Waals surface area contributed by atoms with Crippen LogP contribution in [0.25, 0.3) is 0 Å². The molecule has 0 amide bonds. The van der Waals surface area contributed by atoms with E-state index in [0.29, 0.717) is 6.54 Å². The van der Waals surface area contributed by atoms with Crippen molar-refractivity contribution in [1.82, 2.24) is 5.32 Å². The topological polar surface area (TPSA) is 66.4 Å².